The number of nitrogens with one attached hydrogen (secondary N) is 3. The summed E-state index contributed by atoms with van der Waals surface area (Å²) in [6, 6.07) is 20.7. The minimum absolute atomic E-state index is 0.201. The van der Waals surface area contributed by atoms with Crippen molar-refractivity contribution in [3.63, 3.8) is 0 Å². The Morgan fingerprint density at radius 3 is 2.65 bits per heavy atom. The highest BCUT2D eigenvalue weighted by molar-refractivity contribution is 5.84. The number of rotatable bonds is 9. The lowest BCUT2D eigenvalue weighted by Gasteiger charge is -2.16. The summed E-state index contributed by atoms with van der Waals surface area (Å²) in [7, 11) is 0. The molecule has 1 saturated heterocycles. The molecule has 0 spiro atoms. The largest absolute Gasteiger partial charge is 0.444 e. The first kappa shape index (κ1) is 24.2. The fourth-order valence-corrected chi connectivity index (χ4v) is 3.96. The fraction of sp³-hybridized carbons (Fsp3) is 0.214. The molecule has 1 amide bonds. The third-order valence-electron chi connectivity index (χ3n) is 5.90. The molecule has 37 heavy (non-hydrogen) atoms. The van der Waals surface area contributed by atoms with Gasteiger partial charge in [-0.1, -0.05) is 30.3 Å². The lowest BCUT2D eigenvalue weighted by Crippen LogP contribution is -2.29. The van der Waals surface area contributed by atoms with Gasteiger partial charge in [0, 0.05) is 36.2 Å². The van der Waals surface area contributed by atoms with Gasteiger partial charge < -0.3 is 20.1 Å². The van der Waals surface area contributed by atoms with Crippen LogP contribution < -0.4 is 20.7 Å². The number of benzene rings is 2. The van der Waals surface area contributed by atoms with Gasteiger partial charge in [0.05, 0.1) is 6.20 Å². The van der Waals surface area contributed by atoms with E-state index in [4.69, 9.17) is 9.47 Å². The molecule has 2 aromatic carbocycles. The Balaban J connectivity index is 1.26. The molecular formula is C28H28N6O3. The summed E-state index contributed by atoms with van der Waals surface area (Å²) in [6.45, 7) is 1.99. The van der Waals surface area contributed by atoms with Crippen LogP contribution in [0.1, 0.15) is 18.4 Å². The second kappa shape index (κ2) is 12.0. The molecule has 9 nitrogen and oxygen atoms in total. The van der Waals surface area contributed by atoms with Crippen molar-refractivity contribution in [2.75, 3.05) is 23.7 Å². The molecule has 1 fully saturated rings. The zero-order chi connectivity index (χ0) is 25.3. The highest BCUT2D eigenvalue weighted by atomic mass is 16.5. The van der Waals surface area contributed by atoms with Crippen molar-refractivity contribution < 1.29 is 14.3 Å². The van der Waals surface area contributed by atoms with Crippen LogP contribution in [-0.2, 0) is 11.3 Å². The van der Waals surface area contributed by atoms with Crippen LogP contribution in [0.2, 0.25) is 0 Å². The summed E-state index contributed by atoms with van der Waals surface area (Å²) in [5.74, 6) is 1.50. The molecule has 0 unspecified atom stereocenters. The third kappa shape index (κ3) is 6.80. The minimum atomic E-state index is -0.526. The smallest absolute Gasteiger partial charge is 0.411 e. The van der Waals surface area contributed by atoms with Gasteiger partial charge >= 0.3 is 6.09 Å². The van der Waals surface area contributed by atoms with Crippen LogP contribution in [0.4, 0.5) is 16.2 Å². The maximum atomic E-state index is 12.2. The Morgan fingerprint density at radius 2 is 1.89 bits per heavy atom. The van der Waals surface area contributed by atoms with Crippen molar-refractivity contribution in [2.45, 2.75) is 25.5 Å². The summed E-state index contributed by atoms with van der Waals surface area (Å²) >= 11 is 0. The highest BCUT2D eigenvalue weighted by Gasteiger charge is 2.16. The van der Waals surface area contributed by atoms with E-state index in [1.807, 2.05) is 42.5 Å². The summed E-state index contributed by atoms with van der Waals surface area (Å²) in [5, 5.41) is 9.62. The number of nitrogens with zero attached hydrogens (tertiary/aromatic N) is 3. The van der Waals surface area contributed by atoms with Gasteiger partial charge in [0.15, 0.2) is 5.82 Å². The van der Waals surface area contributed by atoms with Crippen LogP contribution in [0.15, 0.2) is 85.3 Å². The first-order chi connectivity index (χ1) is 18.2. The van der Waals surface area contributed by atoms with E-state index in [0.717, 1.165) is 30.6 Å². The Bertz CT molecular complexity index is 1300. The van der Waals surface area contributed by atoms with E-state index in [-0.39, 0.29) is 6.61 Å². The summed E-state index contributed by atoms with van der Waals surface area (Å²) in [6.07, 6.45) is 6.93. The monoisotopic (exact) mass is 496 g/mol. The number of amides is 1. The lowest BCUT2D eigenvalue weighted by molar-refractivity contribution is 0.155. The number of anilines is 2. The zero-order valence-corrected chi connectivity index (χ0v) is 20.3. The van der Waals surface area contributed by atoms with E-state index in [2.05, 4.69) is 30.9 Å². The molecule has 4 aromatic rings. The topological polar surface area (TPSA) is 110 Å². The molecule has 2 aromatic heterocycles. The molecule has 0 aliphatic carbocycles. The van der Waals surface area contributed by atoms with Crippen molar-refractivity contribution in [1.29, 1.82) is 0 Å². The van der Waals surface area contributed by atoms with E-state index in [1.165, 1.54) is 6.42 Å². The highest BCUT2D eigenvalue weighted by Crippen LogP contribution is 2.30. The fourth-order valence-electron chi connectivity index (χ4n) is 3.96. The predicted molar refractivity (Wildman–Crippen MR) is 142 cm³/mol. The van der Waals surface area contributed by atoms with Crippen molar-refractivity contribution >= 4 is 17.5 Å². The average Bonchev–Trinajstić information content (AvgIpc) is 3.47. The Hall–Kier alpha value is -4.50. The summed E-state index contributed by atoms with van der Waals surface area (Å²) in [5.41, 5.74) is 3.01. The maximum Gasteiger partial charge on any atom is 0.411 e. The molecule has 9 heteroatoms. The molecule has 3 N–H and O–H groups in total. The normalized spacial score (nSPS) is 14.6. The molecule has 0 radical (unpaired) electrons. The number of carbonyl (C=O) groups is 1. The quantitative estimate of drug-likeness (QED) is 0.288. The molecular weight excluding hydrogens is 468 g/mol. The van der Waals surface area contributed by atoms with Crippen molar-refractivity contribution in [3.8, 4) is 23.0 Å². The lowest BCUT2D eigenvalue weighted by atomic mass is 10.2. The van der Waals surface area contributed by atoms with Crippen molar-refractivity contribution in [2.24, 2.45) is 0 Å². The van der Waals surface area contributed by atoms with Gasteiger partial charge in [-0.25, -0.2) is 9.78 Å². The second-order valence-electron chi connectivity index (χ2n) is 8.64. The van der Waals surface area contributed by atoms with Gasteiger partial charge in [-0.05, 0) is 61.3 Å². The number of ether oxygens (including phenoxy) is 2. The van der Waals surface area contributed by atoms with Crippen LogP contribution in [0.25, 0.3) is 11.4 Å². The number of hydrogen-bond acceptors (Lipinski definition) is 8. The van der Waals surface area contributed by atoms with E-state index in [9.17, 15) is 4.79 Å². The Morgan fingerprint density at radius 1 is 1.03 bits per heavy atom. The Labute approximate surface area is 215 Å². The maximum absolute atomic E-state index is 12.2. The molecule has 5 rings (SSSR count). The van der Waals surface area contributed by atoms with Gasteiger partial charge in [-0.15, -0.1) is 0 Å². The molecule has 1 aliphatic heterocycles. The summed E-state index contributed by atoms with van der Waals surface area (Å²) in [4.78, 5) is 25.5. The Kier molecular flexibility index (Phi) is 7.82. The molecule has 188 valence electrons. The van der Waals surface area contributed by atoms with Gasteiger partial charge in [-0.2, -0.15) is 4.98 Å². The van der Waals surface area contributed by atoms with E-state index >= 15 is 0 Å². The molecule has 0 saturated carbocycles. The van der Waals surface area contributed by atoms with Crippen LogP contribution >= 0.6 is 0 Å². The van der Waals surface area contributed by atoms with Crippen molar-refractivity contribution in [3.05, 3.63) is 90.9 Å². The third-order valence-corrected chi connectivity index (χ3v) is 5.90. The zero-order valence-electron chi connectivity index (χ0n) is 20.3. The van der Waals surface area contributed by atoms with Gasteiger partial charge in [0.25, 0.3) is 0 Å². The van der Waals surface area contributed by atoms with Crippen LogP contribution in [0.3, 0.4) is 0 Å². The second-order valence-corrected chi connectivity index (χ2v) is 8.64. The number of carbonyl (C=O) groups excluding carboxylic acids is 1. The molecule has 1 aliphatic rings. The first-order valence-corrected chi connectivity index (χ1v) is 12.2. The van der Waals surface area contributed by atoms with Crippen LogP contribution in [-0.4, -0.2) is 40.2 Å². The average molecular weight is 497 g/mol. The molecule has 3 heterocycles. The molecule has 1 atom stereocenters. The number of hydrogen-bond donors (Lipinski definition) is 3. The summed E-state index contributed by atoms with van der Waals surface area (Å²) < 4.78 is 11.4. The SMILES string of the molecule is O=C(Nc1ccc(Oc2nc(-c3cccnc3)ncc2NC[C@@H]2CCCN2)cc1)OCc1ccccc1. The van der Waals surface area contributed by atoms with Crippen molar-refractivity contribution in [1.82, 2.24) is 20.3 Å². The van der Waals surface area contributed by atoms with E-state index in [0.29, 0.717) is 34.9 Å². The number of pyridine rings is 1. The minimum Gasteiger partial charge on any atom is -0.444 e. The van der Waals surface area contributed by atoms with Gasteiger partial charge in [0.1, 0.15) is 18.0 Å². The van der Waals surface area contributed by atoms with Gasteiger partial charge in [0.2, 0.25) is 5.88 Å². The predicted octanol–water partition coefficient (Wildman–Crippen LogP) is 5.24. The standard InChI is InChI=1S/C28H28N6O3/c35-28(36-19-20-6-2-1-3-7-20)33-22-10-12-24(13-11-22)37-27-25(31-17-23-9-5-15-30-23)18-32-26(34-27)21-8-4-14-29-16-21/h1-4,6-8,10-14,16,18,23,30-31H,5,9,15,17,19H2,(H,33,35)/t23-/m0/s1. The van der Waals surface area contributed by atoms with Gasteiger partial charge in [-0.3, -0.25) is 10.3 Å². The van der Waals surface area contributed by atoms with E-state index < -0.39 is 6.09 Å². The van der Waals surface area contributed by atoms with E-state index in [1.54, 1.807) is 42.9 Å². The first-order valence-electron chi connectivity index (χ1n) is 12.2. The van der Waals surface area contributed by atoms with Crippen LogP contribution in [0.5, 0.6) is 11.6 Å². The van der Waals surface area contributed by atoms with Crippen LogP contribution in [0, 0.1) is 0 Å². The number of aromatic nitrogens is 3. The molecule has 0 bridgehead atoms.